The van der Waals surface area contributed by atoms with Gasteiger partial charge in [0, 0.05) is 5.56 Å². The van der Waals surface area contributed by atoms with Crippen LogP contribution in [0.5, 0.6) is 5.75 Å². The standard InChI is InChI=1S/C18H20O3/c1-3-13-9-10-17(21-2)15(11-13)16(18(19)20)12-14-7-5-4-6-8-14/h4-11,16H,3,12H2,1-2H3,(H,19,20). The van der Waals surface area contributed by atoms with E-state index in [1.165, 1.54) is 0 Å². The van der Waals surface area contributed by atoms with Crippen LogP contribution in [0.2, 0.25) is 0 Å². The van der Waals surface area contributed by atoms with Gasteiger partial charge in [0.1, 0.15) is 5.75 Å². The number of benzene rings is 2. The molecule has 110 valence electrons. The minimum atomic E-state index is -0.828. The first-order valence-electron chi connectivity index (χ1n) is 7.09. The fourth-order valence-electron chi connectivity index (χ4n) is 2.46. The van der Waals surface area contributed by atoms with Crippen LogP contribution in [0.3, 0.4) is 0 Å². The van der Waals surface area contributed by atoms with Crippen molar-refractivity contribution in [3.05, 3.63) is 65.2 Å². The number of methoxy groups -OCH3 is 1. The minimum absolute atomic E-state index is 0.458. The average molecular weight is 284 g/mol. The van der Waals surface area contributed by atoms with Crippen molar-refractivity contribution in [2.75, 3.05) is 7.11 Å². The van der Waals surface area contributed by atoms with E-state index < -0.39 is 11.9 Å². The molecule has 1 unspecified atom stereocenters. The molecule has 1 N–H and O–H groups in total. The summed E-state index contributed by atoms with van der Waals surface area (Å²) >= 11 is 0. The summed E-state index contributed by atoms with van der Waals surface area (Å²) in [6.45, 7) is 2.05. The van der Waals surface area contributed by atoms with Gasteiger partial charge in [-0.25, -0.2) is 0 Å². The van der Waals surface area contributed by atoms with Crippen LogP contribution in [0.1, 0.15) is 29.5 Å². The average Bonchev–Trinajstić information content (AvgIpc) is 2.52. The van der Waals surface area contributed by atoms with E-state index in [-0.39, 0.29) is 0 Å². The summed E-state index contributed by atoms with van der Waals surface area (Å²) in [6, 6.07) is 15.5. The molecule has 21 heavy (non-hydrogen) atoms. The Labute approximate surface area is 125 Å². The Morgan fingerprint density at radius 2 is 1.86 bits per heavy atom. The van der Waals surface area contributed by atoms with Gasteiger partial charge in [0.15, 0.2) is 0 Å². The first-order chi connectivity index (χ1) is 10.2. The van der Waals surface area contributed by atoms with Gasteiger partial charge in [0.05, 0.1) is 13.0 Å². The van der Waals surface area contributed by atoms with Gasteiger partial charge >= 0.3 is 5.97 Å². The second-order valence-electron chi connectivity index (χ2n) is 5.01. The van der Waals surface area contributed by atoms with E-state index in [4.69, 9.17) is 4.74 Å². The van der Waals surface area contributed by atoms with Gasteiger partial charge in [-0.3, -0.25) is 4.79 Å². The summed E-state index contributed by atoms with van der Waals surface area (Å²) in [6.07, 6.45) is 1.33. The third-order valence-corrected chi connectivity index (χ3v) is 3.66. The van der Waals surface area contributed by atoms with Crippen molar-refractivity contribution in [1.29, 1.82) is 0 Å². The molecule has 0 spiro atoms. The summed E-state index contributed by atoms with van der Waals surface area (Å²) < 4.78 is 5.35. The SMILES string of the molecule is CCc1ccc(OC)c(C(Cc2ccccc2)C(=O)O)c1. The zero-order valence-electron chi connectivity index (χ0n) is 12.4. The molecule has 0 saturated carbocycles. The summed E-state index contributed by atoms with van der Waals surface area (Å²) in [7, 11) is 1.58. The fourth-order valence-corrected chi connectivity index (χ4v) is 2.46. The highest BCUT2D eigenvalue weighted by Crippen LogP contribution is 2.31. The zero-order valence-corrected chi connectivity index (χ0v) is 12.4. The Bertz CT molecular complexity index is 605. The highest BCUT2D eigenvalue weighted by Gasteiger charge is 2.24. The summed E-state index contributed by atoms with van der Waals surface area (Å²) in [4.78, 5) is 11.7. The lowest BCUT2D eigenvalue weighted by atomic mass is 9.90. The molecule has 0 aliphatic carbocycles. The van der Waals surface area contributed by atoms with Gasteiger partial charge in [-0.15, -0.1) is 0 Å². The van der Waals surface area contributed by atoms with E-state index in [0.29, 0.717) is 12.2 Å². The Kier molecular flexibility index (Phi) is 4.99. The molecule has 2 rings (SSSR count). The van der Waals surface area contributed by atoms with Gasteiger partial charge in [0.2, 0.25) is 0 Å². The number of rotatable bonds is 6. The molecule has 0 radical (unpaired) electrons. The van der Waals surface area contributed by atoms with Crippen molar-refractivity contribution in [3.8, 4) is 5.75 Å². The zero-order chi connectivity index (χ0) is 15.2. The van der Waals surface area contributed by atoms with Gasteiger partial charge < -0.3 is 9.84 Å². The Morgan fingerprint density at radius 1 is 1.14 bits per heavy atom. The number of carboxylic acid groups (broad SMARTS) is 1. The number of ether oxygens (including phenoxy) is 1. The lowest BCUT2D eigenvalue weighted by Gasteiger charge is -2.17. The van der Waals surface area contributed by atoms with Crippen LogP contribution in [0.25, 0.3) is 0 Å². The third kappa shape index (κ3) is 3.63. The topological polar surface area (TPSA) is 46.5 Å². The number of aliphatic carboxylic acids is 1. The highest BCUT2D eigenvalue weighted by molar-refractivity contribution is 5.77. The Hall–Kier alpha value is -2.29. The quantitative estimate of drug-likeness (QED) is 0.880. The van der Waals surface area contributed by atoms with Crippen LogP contribution >= 0.6 is 0 Å². The van der Waals surface area contributed by atoms with Gasteiger partial charge in [-0.1, -0.05) is 49.4 Å². The van der Waals surface area contributed by atoms with E-state index in [2.05, 4.69) is 6.92 Å². The van der Waals surface area contributed by atoms with E-state index >= 15 is 0 Å². The first kappa shape index (κ1) is 15.1. The molecule has 0 aliphatic heterocycles. The largest absolute Gasteiger partial charge is 0.496 e. The predicted octanol–water partition coefficient (Wildman–Crippen LogP) is 3.67. The normalized spacial score (nSPS) is 11.9. The summed E-state index contributed by atoms with van der Waals surface area (Å²) in [5, 5.41) is 9.62. The van der Waals surface area contributed by atoms with Crippen LogP contribution in [0.4, 0.5) is 0 Å². The molecule has 3 heteroatoms. The monoisotopic (exact) mass is 284 g/mol. The third-order valence-electron chi connectivity index (χ3n) is 3.66. The van der Waals surface area contributed by atoms with Crippen LogP contribution in [-0.4, -0.2) is 18.2 Å². The van der Waals surface area contributed by atoms with Crippen LogP contribution < -0.4 is 4.74 Å². The molecule has 2 aromatic carbocycles. The smallest absolute Gasteiger partial charge is 0.311 e. The van der Waals surface area contributed by atoms with Crippen molar-refractivity contribution in [3.63, 3.8) is 0 Å². The molecular formula is C18H20O3. The highest BCUT2D eigenvalue weighted by atomic mass is 16.5. The number of carbonyl (C=O) groups is 1. The molecule has 0 amide bonds. The molecule has 0 bridgehead atoms. The minimum Gasteiger partial charge on any atom is -0.496 e. The van der Waals surface area contributed by atoms with Crippen molar-refractivity contribution in [1.82, 2.24) is 0 Å². The number of aryl methyl sites for hydroxylation is 1. The number of carboxylic acids is 1. The maximum Gasteiger partial charge on any atom is 0.311 e. The fraction of sp³-hybridized carbons (Fsp3) is 0.278. The van der Waals surface area contributed by atoms with E-state index in [9.17, 15) is 9.90 Å². The lowest BCUT2D eigenvalue weighted by Crippen LogP contribution is -2.15. The van der Waals surface area contributed by atoms with Crippen molar-refractivity contribution < 1.29 is 14.6 Å². The van der Waals surface area contributed by atoms with Crippen LogP contribution in [-0.2, 0) is 17.6 Å². The molecule has 0 aromatic heterocycles. The Balaban J connectivity index is 2.40. The number of hydrogen-bond acceptors (Lipinski definition) is 2. The molecule has 0 fully saturated rings. The lowest BCUT2D eigenvalue weighted by molar-refractivity contribution is -0.138. The van der Waals surface area contributed by atoms with Crippen molar-refractivity contribution in [2.24, 2.45) is 0 Å². The summed E-state index contributed by atoms with van der Waals surface area (Å²) in [5.74, 6) is -0.796. The van der Waals surface area contributed by atoms with E-state index in [0.717, 1.165) is 23.1 Å². The summed E-state index contributed by atoms with van der Waals surface area (Å²) in [5.41, 5.74) is 2.87. The van der Waals surface area contributed by atoms with Crippen LogP contribution in [0, 0.1) is 0 Å². The molecular weight excluding hydrogens is 264 g/mol. The van der Waals surface area contributed by atoms with E-state index in [1.807, 2.05) is 48.5 Å². The Morgan fingerprint density at radius 3 is 2.43 bits per heavy atom. The number of hydrogen-bond donors (Lipinski definition) is 1. The molecule has 3 nitrogen and oxygen atoms in total. The van der Waals surface area contributed by atoms with Crippen molar-refractivity contribution in [2.45, 2.75) is 25.7 Å². The van der Waals surface area contributed by atoms with E-state index in [1.54, 1.807) is 7.11 Å². The first-order valence-corrected chi connectivity index (χ1v) is 7.09. The maximum absolute atomic E-state index is 11.7. The van der Waals surface area contributed by atoms with Crippen LogP contribution in [0.15, 0.2) is 48.5 Å². The molecule has 2 aromatic rings. The molecule has 1 atom stereocenters. The molecule has 0 saturated heterocycles. The van der Waals surface area contributed by atoms with Gasteiger partial charge in [0.25, 0.3) is 0 Å². The molecule has 0 heterocycles. The second kappa shape index (κ2) is 6.93. The maximum atomic E-state index is 11.7. The van der Waals surface area contributed by atoms with Crippen molar-refractivity contribution >= 4 is 5.97 Å². The predicted molar refractivity (Wildman–Crippen MR) is 82.9 cm³/mol. The molecule has 0 aliphatic rings. The van der Waals surface area contributed by atoms with Gasteiger partial charge in [-0.2, -0.15) is 0 Å². The van der Waals surface area contributed by atoms with Gasteiger partial charge in [-0.05, 0) is 30.0 Å². The second-order valence-corrected chi connectivity index (χ2v) is 5.01.